The molecule has 0 fully saturated rings. The Balaban J connectivity index is 2.74. The summed E-state index contributed by atoms with van der Waals surface area (Å²) in [5.41, 5.74) is 6.25. The van der Waals surface area contributed by atoms with E-state index >= 15 is 0 Å². The molecule has 0 radical (unpaired) electrons. The first kappa shape index (κ1) is 9.97. The summed E-state index contributed by atoms with van der Waals surface area (Å²) in [6.45, 7) is 1.95. The molecule has 1 aromatic rings. The third-order valence-corrected chi connectivity index (χ3v) is 2.55. The van der Waals surface area contributed by atoms with E-state index in [-0.39, 0.29) is 5.78 Å². The second-order valence-electron chi connectivity index (χ2n) is 2.83. The lowest BCUT2D eigenvalue weighted by Gasteiger charge is -2.03. The van der Waals surface area contributed by atoms with Crippen LogP contribution in [-0.4, -0.2) is 11.8 Å². The molecule has 0 spiro atoms. The number of thiophene rings is 1. The molecule has 0 saturated heterocycles. The fourth-order valence-electron chi connectivity index (χ4n) is 1.01. The molecule has 3 heteroatoms. The van der Waals surface area contributed by atoms with Gasteiger partial charge in [0.05, 0.1) is 6.04 Å². The standard InChI is InChI=1S/C10H11NOS/c1-3-4-9(11)10(12)8-5-7(2)13-6-8/h1,5-6,9H,4,11H2,2H3. The van der Waals surface area contributed by atoms with Gasteiger partial charge in [-0.2, -0.15) is 0 Å². The van der Waals surface area contributed by atoms with Crippen molar-refractivity contribution >= 4 is 17.1 Å². The van der Waals surface area contributed by atoms with E-state index in [4.69, 9.17) is 12.2 Å². The van der Waals surface area contributed by atoms with E-state index in [0.717, 1.165) is 4.88 Å². The number of terminal acetylenes is 1. The number of rotatable bonds is 3. The third-order valence-electron chi connectivity index (χ3n) is 1.69. The molecule has 0 aliphatic heterocycles. The highest BCUT2D eigenvalue weighted by molar-refractivity contribution is 7.10. The van der Waals surface area contributed by atoms with Gasteiger partial charge < -0.3 is 5.73 Å². The summed E-state index contributed by atoms with van der Waals surface area (Å²) >= 11 is 1.54. The van der Waals surface area contributed by atoms with Crippen molar-refractivity contribution in [2.24, 2.45) is 5.73 Å². The zero-order chi connectivity index (χ0) is 9.84. The topological polar surface area (TPSA) is 43.1 Å². The summed E-state index contributed by atoms with van der Waals surface area (Å²) in [5.74, 6) is 2.32. The summed E-state index contributed by atoms with van der Waals surface area (Å²) in [5, 5.41) is 1.81. The average molecular weight is 193 g/mol. The molecule has 0 saturated carbocycles. The molecule has 0 aromatic carbocycles. The average Bonchev–Trinajstić information content (AvgIpc) is 2.51. The lowest BCUT2D eigenvalue weighted by Crippen LogP contribution is -2.29. The van der Waals surface area contributed by atoms with Crippen LogP contribution in [0.25, 0.3) is 0 Å². The van der Waals surface area contributed by atoms with Crippen LogP contribution in [0.5, 0.6) is 0 Å². The molecule has 1 rings (SSSR count). The van der Waals surface area contributed by atoms with Gasteiger partial charge in [-0.1, -0.05) is 0 Å². The van der Waals surface area contributed by atoms with Crippen LogP contribution < -0.4 is 5.73 Å². The largest absolute Gasteiger partial charge is 0.320 e. The zero-order valence-electron chi connectivity index (χ0n) is 7.41. The van der Waals surface area contributed by atoms with Crippen molar-refractivity contribution in [1.29, 1.82) is 0 Å². The van der Waals surface area contributed by atoms with Crippen molar-refractivity contribution in [2.75, 3.05) is 0 Å². The van der Waals surface area contributed by atoms with Crippen molar-refractivity contribution in [2.45, 2.75) is 19.4 Å². The third kappa shape index (κ3) is 2.41. The summed E-state index contributed by atoms with van der Waals surface area (Å²) in [7, 11) is 0. The van der Waals surface area contributed by atoms with Crippen LogP contribution in [0.3, 0.4) is 0 Å². The molecule has 1 heterocycles. The van der Waals surface area contributed by atoms with Gasteiger partial charge in [0, 0.05) is 22.2 Å². The first-order valence-electron chi connectivity index (χ1n) is 3.93. The molecule has 0 aliphatic carbocycles. The Kier molecular flexibility index (Phi) is 3.24. The Morgan fingerprint density at radius 1 is 1.85 bits per heavy atom. The number of hydrogen-bond acceptors (Lipinski definition) is 3. The molecule has 0 bridgehead atoms. The molecule has 1 atom stereocenters. The molecule has 0 amide bonds. The van der Waals surface area contributed by atoms with Crippen LogP contribution in [0.4, 0.5) is 0 Å². The highest BCUT2D eigenvalue weighted by Gasteiger charge is 2.15. The maximum atomic E-state index is 11.5. The number of carbonyl (C=O) groups excluding carboxylic acids is 1. The number of carbonyl (C=O) groups is 1. The van der Waals surface area contributed by atoms with Crippen molar-refractivity contribution in [3.63, 3.8) is 0 Å². The van der Waals surface area contributed by atoms with Crippen LogP contribution >= 0.6 is 11.3 Å². The molecule has 1 aromatic heterocycles. The fourth-order valence-corrected chi connectivity index (χ4v) is 1.70. The van der Waals surface area contributed by atoms with Crippen molar-refractivity contribution in [3.8, 4) is 12.3 Å². The molecular weight excluding hydrogens is 182 g/mol. The molecule has 2 N–H and O–H groups in total. The van der Waals surface area contributed by atoms with Gasteiger partial charge in [-0.05, 0) is 13.0 Å². The van der Waals surface area contributed by atoms with Gasteiger partial charge in [0.15, 0.2) is 5.78 Å². The number of aryl methyl sites for hydroxylation is 1. The predicted molar refractivity (Wildman–Crippen MR) is 54.8 cm³/mol. The molecule has 2 nitrogen and oxygen atoms in total. The Labute approximate surface area is 81.8 Å². The van der Waals surface area contributed by atoms with Crippen molar-refractivity contribution < 1.29 is 4.79 Å². The van der Waals surface area contributed by atoms with Gasteiger partial charge in [-0.15, -0.1) is 23.7 Å². The smallest absolute Gasteiger partial charge is 0.181 e. The predicted octanol–water partition coefficient (Wildman–Crippen LogP) is 1.59. The van der Waals surface area contributed by atoms with Gasteiger partial charge in [0.1, 0.15) is 0 Å². The van der Waals surface area contributed by atoms with E-state index < -0.39 is 6.04 Å². The van der Waals surface area contributed by atoms with Crippen LogP contribution in [0.15, 0.2) is 11.4 Å². The number of ketones is 1. The van der Waals surface area contributed by atoms with Crippen molar-refractivity contribution in [1.82, 2.24) is 0 Å². The Hall–Kier alpha value is -1.11. The van der Waals surface area contributed by atoms with E-state index in [9.17, 15) is 4.79 Å². The summed E-state index contributed by atoms with van der Waals surface area (Å²) < 4.78 is 0. The van der Waals surface area contributed by atoms with E-state index in [1.165, 1.54) is 0 Å². The lowest BCUT2D eigenvalue weighted by molar-refractivity contribution is 0.0963. The van der Waals surface area contributed by atoms with E-state index in [1.54, 1.807) is 11.3 Å². The SMILES string of the molecule is C#CCC(N)C(=O)c1csc(C)c1. The number of hydrogen-bond donors (Lipinski definition) is 1. The maximum absolute atomic E-state index is 11.5. The van der Waals surface area contributed by atoms with Gasteiger partial charge in [-0.3, -0.25) is 4.79 Å². The maximum Gasteiger partial charge on any atom is 0.181 e. The van der Waals surface area contributed by atoms with E-state index in [0.29, 0.717) is 12.0 Å². The fraction of sp³-hybridized carbons (Fsp3) is 0.300. The number of nitrogens with two attached hydrogens (primary N) is 1. The van der Waals surface area contributed by atoms with Gasteiger partial charge in [-0.25, -0.2) is 0 Å². The van der Waals surface area contributed by atoms with Crippen LogP contribution in [0.2, 0.25) is 0 Å². The minimum absolute atomic E-state index is 0.0673. The lowest BCUT2D eigenvalue weighted by atomic mass is 10.1. The van der Waals surface area contributed by atoms with Crippen LogP contribution in [-0.2, 0) is 0 Å². The summed E-state index contributed by atoms with van der Waals surface area (Å²) in [6.07, 6.45) is 5.37. The normalized spacial score (nSPS) is 12.1. The molecular formula is C10H11NOS. The monoisotopic (exact) mass is 193 g/mol. The number of Topliss-reactive ketones (excluding diaryl/α,β-unsaturated/α-hetero) is 1. The molecule has 68 valence electrons. The van der Waals surface area contributed by atoms with Crippen molar-refractivity contribution in [3.05, 3.63) is 21.9 Å². The van der Waals surface area contributed by atoms with E-state index in [1.807, 2.05) is 18.4 Å². The van der Waals surface area contributed by atoms with Crippen LogP contribution in [0.1, 0.15) is 21.7 Å². The van der Waals surface area contributed by atoms with Gasteiger partial charge in [0.2, 0.25) is 0 Å². The minimum atomic E-state index is -0.556. The first-order chi connectivity index (χ1) is 6.15. The minimum Gasteiger partial charge on any atom is -0.320 e. The summed E-state index contributed by atoms with van der Waals surface area (Å²) in [4.78, 5) is 12.6. The van der Waals surface area contributed by atoms with Crippen LogP contribution in [0, 0.1) is 19.3 Å². The van der Waals surface area contributed by atoms with Gasteiger partial charge >= 0.3 is 0 Å². The Bertz CT molecular complexity index is 348. The second-order valence-corrected chi connectivity index (χ2v) is 3.94. The highest BCUT2D eigenvalue weighted by atomic mass is 32.1. The van der Waals surface area contributed by atoms with E-state index in [2.05, 4.69) is 5.92 Å². The molecule has 13 heavy (non-hydrogen) atoms. The molecule has 0 aliphatic rings. The summed E-state index contributed by atoms with van der Waals surface area (Å²) in [6, 6.07) is 1.28. The molecule has 1 unspecified atom stereocenters. The first-order valence-corrected chi connectivity index (χ1v) is 4.81. The second kappa shape index (κ2) is 4.22. The quantitative estimate of drug-likeness (QED) is 0.585. The van der Waals surface area contributed by atoms with Gasteiger partial charge in [0.25, 0.3) is 0 Å². The Morgan fingerprint density at radius 3 is 3.00 bits per heavy atom. The Morgan fingerprint density at radius 2 is 2.54 bits per heavy atom. The highest BCUT2D eigenvalue weighted by Crippen LogP contribution is 2.14. The zero-order valence-corrected chi connectivity index (χ0v) is 8.23.